The number of benzene rings is 1. The lowest BCUT2D eigenvalue weighted by atomic mass is 10.1. The molecule has 0 radical (unpaired) electrons. The van der Waals surface area contributed by atoms with Crippen LogP contribution in [0.1, 0.15) is 45.0 Å². The van der Waals surface area contributed by atoms with E-state index in [1.54, 1.807) is 58.9 Å². The Labute approximate surface area is 226 Å². The second kappa shape index (κ2) is 11.3. The predicted octanol–water partition coefficient (Wildman–Crippen LogP) is 4.85. The van der Waals surface area contributed by atoms with Crippen LogP contribution in [0.15, 0.2) is 41.5 Å². The van der Waals surface area contributed by atoms with Crippen LogP contribution in [0.4, 0.5) is 5.69 Å². The van der Waals surface area contributed by atoms with Crippen molar-refractivity contribution in [2.75, 3.05) is 38.4 Å². The molecule has 0 fully saturated rings. The number of carbonyl (C=O) groups is 2. The molecule has 4 rings (SSSR count). The van der Waals surface area contributed by atoms with Gasteiger partial charge in [-0.15, -0.1) is 0 Å². The van der Waals surface area contributed by atoms with E-state index >= 15 is 0 Å². The minimum Gasteiger partial charge on any atom is -0.464 e. The molecule has 2 heterocycles. The van der Waals surface area contributed by atoms with Gasteiger partial charge in [0.2, 0.25) is 5.79 Å². The normalized spacial score (nSPS) is 20.7. The van der Waals surface area contributed by atoms with Gasteiger partial charge in [-0.3, -0.25) is 14.3 Å². The molecule has 0 saturated heterocycles. The number of ether oxygens (including phenoxy) is 4. The monoisotopic (exact) mass is 570 g/mol. The number of nitrogens with one attached hydrogen (secondary N) is 1. The Bertz CT molecular complexity index is 1210. The summed E-state index contributed by atoms with van der Waals surface area (Å²) in [5.74, 6) is -3.55. The van der Waals surface area contributed by atoms with Gasteiger partial charge < -0.3 is 33.3 Å². The fourth-order valence-corrected chi connectivity index (χ4v) is 6.33. The molecule has 1 unspecified atom stereocenters. The Kier molecular flexibility index (Phi) is 8.44. The predicted molar refractivity (Wildman–Crippen MR) is 138 cm³/mol. The van der Waals surface area contributed by atoms with Crippen LogP contribution < -0.4 is 5.32 Å². The van der Waals surface area contributed by atoms with Crippen LogP contribution in [0.2, 0.25) is 5.02 Å². The number of esters is 1. The number of amides is 1. The molecule has 1 aromatic rings. The van der Waals surface area contributed by atoms with Crippen molar-refractivity contribution >= 4 is 36.8 Å². The van der Waals surface area contributed by atoms with E-state index in [1.165, 1.54) is 4.90 Å². The highest BCUT2D eigenvalue weighted by Gasteiger charge is 2.48. The Morgan fingerprint density at radius 2 is 1.92 bits per heavy atom. The van der Waals surface area contributed by atoms with Crippen LogP contribution in [0.3, 0.4) is 0 Å². The maximum atomic E-state index is 13.5. The topological polar surface area (TPSA) is 122 Å². The fraction of sp³-hybridized carbons (Fsp3) is 0.520. The number of hydrogen-bond acceptors (Lipinski definition) is 10. The van der Waals surface area contributed by atoms with Crippen molar-refractivity contribution in [3.8, 4) is 0 Å². The summed E-state index contributed by atoms with van der Waals surface area (Å²) < 4.78 is 47.2. The smallest absolute Gasteiger partial charge is 0.370 e. The molecule has 0 saturated carbocycles. The average molecular weight is 571 g/mol. The van der Waals surface area contributed by atoms with Crippen molar-refractivity contribution in [2.24, 2.45) is 5.92 Å². The minimum atomic E-state index is -4.01. The highest BCUT2D eigenvalue weighted by Crippen LogP contribution is 2.54. The maximum absolute atomic E-state index is 13.5. The first-order chi connectivity index (χ1) is 18.0. The third kappa shape index (κ3) is 5.44. The highest BCUT2D eigenvalue weighted by molar-refractivity contribution is 7.55. The molecule has 13 heteroatoms. The first-order valence-electron chi connectivity index (χ1n) is 12.4. The first-order valence-corrected chi connectivity index (χ1v) is 14.4. The van der Waals surface area contributed by atoms with E-state index in [2.05, 4.69) is 5.32 Å². The third-order valence-electron chi connectivity index (χ3n) is 5.87. The van der Waals surface area contributed by atoms with Crippen molar-refractivity contribution in [2.45, 2.75) is 46.3 Å². The second-order valence-corrected chi connectivity index (χ2v) is 11.5. The van der Waals surface area contributed by atoms with Gasteiger partial charge in [-0.25, -0.2) is 4.79 Å². The van der Waals surface area contributed by atoms with E-state index in [1.807, 2.05) is 0 Å². The summed E-state index contributed by atoms with van der Waals surface area (Å²) in [6, 6.07) is 5.19. The molecule has 1 N–H and O–H groups in total. The van der Waals surface area contributed by atoms with Crippen molar-refractivity contribution in [1.29, 1.82) is 0 Å². The Morgan fingerprint density at radius 3 is 2.58 bits per heavy atom. The van der Waals surface area contributed by atoms with E-state index in [9.17, 15) is 14.2 Å². The number of rotatable bonds is 11. The van der Waals surface area contributed by atoms with Gasteiger partial charge in [0.25, 0.3) is 11.8 Å². The summed E-state index contributed by atoms with van der Waals surface area (Å²) in [5.41, 5.74) is 1.45. The van der Waals surface area contributed by atoms with Crippen LogP contribution in [0.5, 0.6) is 0 Å². The largest absolute Gasteiger partial charge is 0.464 e. The lowest BCUT2D eigenvalue weighted by Crippen LogP contribution is -2.40. The summed E-state index contributed by atoms with van der Waals surface area (Å²) in [7, 11) is -4.01. The van der Waals surface area contributed by atoms with Crippen LogP contribution >= 0.6 is 19.2 Å². The molecular weight excluding hydrogens is 539 g/mol. The lowest BCUT2D eigenvalue weighted by Gasteiger charge is -2.32. The molecule has 3 aliphatic rings. The van der Waals surface area contributed by atoms with Gasteiger partial charge in [-0.1, -0.05) is 17.7 Å². The molecule has 0 aromatic heterocycles. The number of hydrogen-bond donors (Lipinski definition) is 1. The zero-order chi connectivity index (χ0) is 27.7. The van der Waals surface area contributed by atoms with Crippen molar-refractivity contribution in [1.82, 2.24) is 4.90 Å². The van der Waals surface area contributed by atoms with Gasteiger partial charge in [0.15, 0.2) is 11.5 Å². The van der Waals surface area contributed by atoms with Gasteiger partial charge in [0.05, 0.1) is 55.3 Å². The quantitative estimate of drug-likeness (QED) is 0.292. The second-order valence-electron chi connectivity index (χ2n) is 9.00. The zero-order valence-electron chi connectivity index (χ0n) is 21.9. The van der Waals surface area contributed by atoms with Gasteiger partial charge in [0.1, 0.15) is 0 Å². The number of nitrogens with zero attached hydrogens (tertiary/aromatic N) is 1. The van der Waals surface area contributed by atoms with Gasteiger partial charge in [-0.05, 0) is 39.0 Å². The Morgan fingerprint density at radius 1 is 1.21 bits per heavy atom. The van der Waals surface area contributed by atoms with E-state index < -0.39 is 31.1 Å². The molecule has 2 aliphatic heterocycles. The molecule has 0 bridgehead atoms. The van der Waals surface area contributed by atoms with Gasteiger partial charge in [-0.2, -0.15) is 0 Å². The Balaban J connectivity index is 1.63. The van der Waals surface area contributed by atoms with Crippen LogP contribution in [0, 0.1) is 5.92 Å². The van der Waals surface area contributed by atoms with Gasteiger partial charge in [0, 0.05) is 19.5 Å². The van der Waals surface area contributed by atoms with E-state index in [0.717, 1.165) is 0 Å². The summed E-state index contributed by atoms with van der Waals surface area (Å²) in [6.45, 7) is 8.53. The third-order valence-corrected chi connectivity index (χ3v) is 8.36. The number of carbonyl (C=O) groups excluding carboxylic acids is 2. The summed E-state index contributed by atoms with van der Waals surface area (Å²) in [6.07, 6.45) is 1.75. The summed E-state index contributed by atoms with van der Waals surface area (Å²) in [5, 5.41) is 3.52. The van der Waals surface area contributed by atoms with Gasteiger partial charge >= 0.3 is 13.6 Å². The molecule has 1 amide bonds. The van der Waals surface area contributed by atoms with Crippen LogP contribution in [-0.2, 0) is 37.4 Å². The van der Waals surface area contributed by atoms with Crippen molar-refractivity contribution in [3.05, 3.63) is 52.1 Å². The van der Waals surface area contributed by atoms with E-state index in [4.69, 9.17) is 39.6 Å². The fourth-order valence-electron chi connectivity index (χ4n) is 4.41. The Hall–Kier alpha value is -2.56. The molecular formula is C25H32ClN2O9P. The SMILES string of the molecule is CCOC(=O)C(OC[C@H]1C=C(N2CNc3cccc(Cl)c3C2=O)C2=C1OC(C)(C)O2)P(=O)(OCC)OCC. The van der Waals surface area contributed by atoms with E-state index in [0.29, 0.717) is 33.5 Å². The van der Waals surface area contributed by atoms with Crippen LogP contribution in [0.25, 0.3) is 0 Å². The molecule has 11 nitrogen and oxygen atoms in total. The maximum Gasteiger partial charge on any atom is 0.370 e. The van der Waals surface area contributed by atoms with Crippen molar-refractivity contribution < 1.29 is 42.1 Å². The first kappa shape index (κ1) is 28.4. The summed E-state index contributed by atoms with van der Waals surface area (Å²) in [4.78, 5) is 27.7. The van der Waals surface area contributed by atoms with E-state index in [-0.39, 0.29) is 39.0 Å². The summed E-state index contributed by atoms with van der Waals surface area (Å²) >= 11 is 6.34. The number of fused-ring (bicyclic) bond motifs is 1. The average Bonchev–Trinajstić information content (AvgIpc) is 3.33. The molecule has 38 heavy (non-hydrogen) atoms. The lowest BCUT2D eigenvalue weighted by molar-refractivity contribution is -0.153. The molecule has 1 aliphatic carbocycles. The standard InChI is InChI=1S/C25H32ClN2O9P/c1-6-32-23(30)24(38(31,34-7-2)35-8-3)33-13-15-12-18(21-20(15)36-25(4,5)37-21)28-14-27-17-11-9-10-16(26)19(17)22(28)29/h9-12,15,24,27H,6-8,13-14H2,1-5H3/t15-,24?/m1/s1. The zero-order valence-corrected chi connectivity index (χ0v) is 23.6. The highest BCUT2D eigenvalue weighted by atomic mass is 35.5. The molecule has 208 valence electrons. The van der Waals surface area contributed by atoms with Crippen molar-refractivity contribution in [3.63, 3.8) is 0 Å². The molecule has 2 atom stereocenters. The van der Waals surface area contributed by atoms with Crippen LogP contribution in [-0.4, -0.2) is 61.5 Å². The number of anilines is 1. The molecule has 0 spiro atoms. The molecule has 1 aromatic carbocycles. The number of halogens is 1. The minimum absolute atomic E-state index is 0.0402.